The maximum absolute atomic E-state index is 12.9. The summed E-state index contributed by atoms with van der Waals surface area (Å²) in [7, 11) is 0. The van der Waals surface area contributed by atoms with E-state index in [0.717, 1.165) is 30.6 Å². The van der Waals surface area contributed by atoms with Gasteiger partial charge in [-0.05, 0) is 60.0 Å². The molecular weight excluding hydrogens is 318 g/mol. The van der Waals surface area contributed by atoms with Gasteiger partial charge in [0.1, 0.15) is 6.33 Å². The van der Waals surface area contributed by atoms with Crippen molar-refractivity contribution in [2.45, 2.75) is 25.8 Å². The van der Waals surface area contributed by atoms with Crippen molar-refractivity contribution in [3.05, 3.63) is 54.1 Å². The average Bonchev–Trinajstić information content (AvgIpc) is 3.35. The van der Waals surface area contributed by atoms with Crippen LogP contribution in [0.15, 0.2) is 43.0 Å². The van der Waals surface area contributed by atoms with Gasteiger partial charge in [-0.2, -0.15) is 5.10 Å². The van der Waals surface area contributed by atoms with Gasteiger partial charge in [0.15, 0.2) is 0 Å². The fourth-order valence-electron chi connectivity index (χ4n) is 3.35. The molecule has 4 rings (SSSR count). The lowest BCUT2D eigenvalue weighted by Gasteiger charge is -2.33. The lowest BCUT2D eigenvalue weighted by molar-refractivity contribution is 0.0673. The van der Waals surface area contributed by atoms with Gasteiger partial charge in [0.05, 0.1) is 11.7 Å². The summed E-state index contributed by atoms with van der Waals surface area (Å²) in [5, 5.41) is 15.5. The fraction of sp³-hybridized carbons (Fsp3) is 0.353. The Morgan fingerprint density at radius 1 is 1.32 bits per heavy atom. The van der Waals surface area contributed by atoms with Crippen LogP contribution in [-0.2, 0) is 0 Å². The maximum Gasteiger partial charge on any atom is 0.253 e. The number of benzene rings is 1. The molecule has 0 N–H and O–H groups in total. The largest absolute Gasteiger partial charge is 0.337 e. The molecule has 1 aliphatic heterocycles. The molecule has 128 valence electrons. The molecule has 3 aromatic rings. The first kappa shape index (κ1) is 15.5. The minimum Gasteiger partial charge on any atom is -0.337 e. The van der Waals surface area contributed by atoms with Crippen molar-refractivity contribution in [1.82, 2.24) is 34.9 Å². The highest BCUT2D eigenvalue weighted by atomic mass is 16.2. The molecule has 2 aromatic heterocycles. The van der Waals surface area contributed by atoms with E-state index in [1.165, 1.54) is 0 Å². The molecule has 3 heterocycles. The standard InChI is InChI=1S/C17H19N7O/c1-13-10-14(5-6-16(13)24-12-18-20-21-24)17(25)22-8-2-4-15(11-22)23-9-3-7-19-23/h3,5-7,9-10,12,15H,2,4,8,11H2,1H3/t15-/m1/s1. The molecule has 25 heavy (non-hydrogen) atoms. The van der Waals surface area contributed by atoms with Crippen LogP contribution in [0.25, 0.3) is 5.69 Å². The topological polar surface area (TPSA) is 81.7 Å². The minimum atomic E-state index is 0.0585. The summed E-state index contributed by atoms with van der Waals surface area (Å²) in [6.45, 7) is 3.43. The summed E-state index contributed by atoms with van der Waals surface area (Å²) in [5.74, 6) is 0.0585. The van der Waals surface area contributed by atoms with Crippen molar-refractivity contribution in [1.29, 1.82) is 0 Å². The first-order chi connectivity index (χ1) is 12.2. The second-order valence-electron chi connectivity index (χ2n) is 6.29. The van der Waals surface area contributed by atoms with Gasteiger partial charge in [-0.15, -0.1) is 5.10 Å². The van der Waals surface area contributed by atoms with E-state index in [9.17, 15) is 4.79 Å². The van der Waals surface area contributed by atoms with Crippen LogP contribution in [0.1, 0.15) is 34.8 Å². The Morgan fingerprint density at radius 2 is 2.24 bits per heavy atom. The lowest BCUT2D eigenvalue weighted by atomic mass is 10.0. The lowest BCUT2D eigenvalue weighted by Crippen LogP contribution is -2.40. The molecule has 0 spiro atoms. The molecule has 1 aliphatic rings. The van der Waals surface area contributed by atoms with E-state index in [1.54, 1.807) is 17.2 Å². The quantitative estimate of drug-likeness (QED) is 0.726. The third-order valence-corrected chi connectivity index (χ3v) is 4.62. The van der Waals surface area contributed by atoms with Gasteiger partial charge in [-0.25, -0.2) is 4.68 Å². The third-order valence-electron chi connectivity index (χ3n) is 4.62. The van der Waals surface area contributed by atoms with Gasteiger partial charge in [0.2, 0.25) is 0 Å². The van der Waals surface area contributed by atoms with E-state index in [0.29, 0.717) is 12.1 Å². The van der Waals surface area contributed by atoms with E-state index in [1.807, 2.05) is 47.0 Å². The highest BCUT2D eigenvalue weighted by Crippen LogP contribution is 2.23. The summed E-state index contributed by atoms with van der Waals surface area (Å²) in [4.78, 5) is 14.8. The summed E-state index contributed by atoms with van der Waals surface area (Å²) in [6, 6.07) is 7.78. The van der Waals surface area contributed by atoms with E-state index in [4.69, 9.17) is 0 Å². The molecule has 0 saturated carbocycles. The fourth-order valence-corrected chi connectivity index (χ4v) is 3.35. The minimum absolute atomic E-state index is 0.0585. The van der Waals surface area contributed by atoms with Gasteiger partial charge in [0, 0.05) is 31.0 Å². The molecule has 0 radical (unpaired) electrons. The third kappa shape index (κ3) is 3.02. The number of tetrazole rings is 1. The highest BCUT2D eigenvalue weighted by molar-refractivity contribution is 5.94. The normalized spacial score (nSPS) is 17.6. The Labute approximate surface area is 145 Å². The van der Waals surface area contributed by atoms with Crippen molar-refractivity contribution in [3.63, 3.8) is 0 Å². The zero-order valence-electron chi connectivity index (χ0n) is 14.0. The summed E-state index contributed by atoms with van der Waals surface area (Å²) in [5.41, 5.74) is 2.52. The van der Waals surface area contributed by atoms with E-state index < -0.39 is 0 Å². The van der Waals surface area contributed by atoms with Crippen LogP contribution in [-0.4, -0.2) is 53.9 Å². The number of aromatic nitrogens is 6. The number of carbonyl (C=O) groups is 1. The first-order valence-corrected chi connectivity index (χ1v) is 8.35. The monoisotopic (exact) mass is 337 g/mol. The molecule has 8 heteroatoms. The van der Waals surface area contributed by atoms with Crippen LogP contribution >= 0.6 is 0 Å². The van der Waals surface area contributed by atoms with Crippen molar-refractivity contribution >= 4 is 5.91 Å². The second-order valence-corrected chi connectivity index (χ2v) is 6.29. The molecule has 1 aromatic carbocycles. The van der Waals surface area contributed by atoms with Crippen molar-refractivity contribution < 1.29 is 4.79 Å². The van der Waals surface area contributed by atoms with Crippen molar-refractivity contribution in [3.8, 4) is 5.69 Å². The number of hydrogen-bond acceptors (Lipinski definition) is 5. The number of carbonyl (C=O) groups excluding carboxylic acids is 1. The molecule has 1 atom stereocenters. The number of piperidine rings is 1. The van der Waals surface area contributed by atoms with Gasteiger partial charge < -0.3 is 4.90 Å². The zero-order valence-corrected chi connectivity index (χ0v) is 14.0. The predicted octanol–water partition coefficient (Wildman–Crippen LogP) is 1.64. The Balaban J connectivity index is 1.53. The van der Waals surface area contributed by atoms with Gasteiger partial charge in [-0.1, -0.05) is 0 Å². The summed E-state index contributed by atoms with van der Waals surface area (Å²) >= 11 is 0. The van der Waals surface area contributed by atoms with Crippen LogP contribution < -0.4 is 0 Å². The van der Waals surface area contributed by atoms with Gasteiger partial charge in [0.25, 0.3) is 5.91 Å². The number of nitrogens with zero attached hydrogens (tertiary/aromatic N) is 7. The van der Waals surface area contributed by atoms with E-state index >= 15 is 0 Å². The Bertz CT molecular complexity index is 857. The Hall–Kier alpha value is -3.03. The van der Waals surface area contributed by atoms with Crippen molar-refractivity contribution in [2.75, 3.05) is 13.1 Å². The first-order valence-electron chi connectivity index (χ1n) is 8.35. The molecule has 1 saturated heterocycles. The van der Waals surface area contributed by atoms with Gasteiger partial charge >= 0.3 is 0 Å². The molecule has 0 unspecified atom stereocenters. The number of rotatable bonds is 3. The van der Waals surface area contributed by atoms with Crippen LogP contribution in [0.3, 0.4) is 0 Å². The average molecular weight is 337 g/mol. The van der Waals surface area contributed by atoms with E-state index in [2.05, 4.69) is 20.6 Å². The number of hydrogen-bond donors (Lipinski definition) is 0. The molecule has 1 fully saturated rings. The smallest absolute Gasteiger partial charge is 0.253 e. The summed E-state index contributed by atoms with van der Waals surface area (Å²) in [6.07, 6.45) is 7.31. The van der Waals surface area contributed by atoms with Gasteiger partial charge in [-0.3, -0.25) is 9.48 Å². The molecule has 0 bridgehead atoms. The molecule has 0 aliphatic carbocycles. The predicted molar refractivity (Wildman–Crippen MR) is 90.3 cm³/mol. The van der Waals surface area contributed by atoms with Crippen LogP contribution in [0.5, 0.6) is 0 Å². The van der Waals surface area contributed by atoms with Crippen molar-refractivity contribution in [2.24, 2.45) is 0 Å². The van der Waals surface area contributed by atoms with Crippen LogP contribution in [0.4, 0.5) is 0 Å². The van der Waals surface area contributed by atoms with Crippen LogP contribution in [0.2, 0.25) is 0 Å². The number of amides is 1. The zero-order chi connectivity index (χ0) is 17.2. The molecule has 8 nitrogen and oxygen atoms in total. The Morgan fingerprint density at radius 3 is 2.96 bits per heavy atom. The summed E-state index contributed by atoms with van der Waals surface area (Å²) < 4.78 is 3.55. The maximum atomic E-state index is 12.9. The Kier molecular flexibility index (Phi) is 4.01. The van der Waals surface area contributed by atoms with E-state index in [-0.39, 0.29) is 11.9 Å². The second kappa shape index (κ2) is 6.46. The number of likely N-dealkylation sites (tertiary alicyclic amines) is 1. The van der Waals surface area contributed by atoms with Crippen LogP contribution in [0, 0.1) is 6.92 Å². The molecular formula is C17H19N7O. The SMILES string of the molecule is Cc1cc(C(=O)N2CCC[C@@H](n3cccn3)C2)ccc1-n1cnnn1. The molecule has 1 amide bonds. The highest BCUT2D eigenvalue weighted by Gasteiger charge is 2.26. The number of aryl methyl sites for hydroxylation is 1.